The van der Waals surface area contributed by atoms with Gasteiger partial charge in [-0.15, -0.1) is 0 Å². The summed E-state index contributed by atoms with van der Waals surface area (Å²) in [5.41, 5.74) is 2.44. The highest BCUT2D eigenvalue weighted by Gasteiger charge is 1.98. The third kappa shape index (κ3) is 7.20. The van der Waals surface area contributed by atoms with E-state index in [1.807, 2.05) is 18.2 Å². The fourth-order valence-corrected chi connectivity index (χ4v) is 2.21. The lowest BCUT2D eigenvalue weighted by Crippen LogP contribution is -2.21. The van der Waals surface area contributed by atoms with Crippen molar-refractivity contribution in [3.05, 3.63) is 60.2 Å². The van der Waals surface area contributed by atoms with Gasteiger partial charge in [0, 0.05) is 25.3 Å². The Kier molecular flexibility index (Phi) is 7.47. The van der Waals surface area contributed by atoms with Gasteiger partial charge < -0.3 is 15.4 Å². The molecule has 3 nitrogen and oxygen atoms in total. The van der Waals surface area contributed by atoms with Crippen molar-refractivity contribution in [3.63, 3.8) is 0 Å². The van der Waals surface area contributed by atoms with Crippen LogP contribution in [0.4, 0.5) is 5.69 Å². The minimum Gasteiger partial charge on any atom is -0.494 e. The molecule has 0 aliphatic heterocycles. The van der Waals surface area contributed by atoms with E-state index in [0.29, 0.717) is 5.92 Å². The van der Waals surface area contributed by atoms with Crippen molar-refractivity contribution in [1.29, 1.82) is 0 Å². The maximum atomic E-state index is 5.72. The van der Waals surface area contributed by atoms with E-state index in [0.717, 1.165) is 44.1 Å². The molecule has 0 spiro atoms. The van der Waals surface area contributed by atoms with Crippen LogP contribution in [0, 0.1) is 5.92 Å². The van der Waals surface area contributed by atoms with E-state index in [-0.39, 0.29) is 0 Å². The van der Waals surface area contributed by atoms with E-state index in [9.17, 15) is 0 Å². The molecule has 0 heterocycles. The normalized spacial score (nSPS) is 10.7. The highest BCUT2D eigenvalue weighted by atomic mass is 16.5. The van der Waals surface area contributed by atoms with Crippen LogP contribution < -0.4 is 15.4 Å². The van der Waals surface area contributed by atoms with Gasteiger partial charge in [0.2, 0.25) is 0 Å². The molecule has 0 saturated heterocycles. The molecule has 0 aliphatic carbocycles. The predicted molar refractivity (Wildman–Crippen MR) is 98.0 cm³/mol. The molecule has 3 heteroatoms. The average molecular weight is 312 g/mol. The van der Waals surface area contributed by atoms with Gasteiger partial charge >= 0.3 is 0 Å². The number of benzene rings is 2. The van der Waals surface area contributed by atoms with E-state index in [1.54, 1.807) is 0 Å². The minimum atomic E-state index is 0.680. The monoisotopic (exact) mass is 312 g/mol. The average Bonchev–Trinajstić information content (AvgIpc) is 2.56. The molecule has 0 unspecified atom stereocenters. The molecule has 0 fully saturated rings. The number of rotatable bonds is 10. The van der Waals surface area contributed by atoms with Gasteiger partial charge in [0.05, 0.1) is 6.61 Å². The largest absolute Gasteiger partial charge is 0.494 e. The highest BCUT2D eigenvalue weighted by Crippen LogP contribution is 2.16. The summed E-state index contributed by atoms with van der Waals surface area (Å²) in [5.74, 6) is 1.62. The third-order valence-corrected chi connectivity index (χ3v) is 3.62. The number of hydrogen-bond donors (Lipinski definition) is 2. The lowest BCUT2D eigenvalue weighted by molar-refractivity contribution is 0.289. The van der Waals surface area contributed by atoms with E-state index < -0.39 is 0 Å². The summed E-state index contributed by atoms with van der Waals surface area (Å²) in [4.78, 5) is 0. The molecule has 0 atom stereocenters. The summed E-state index contributed by atoms with van der Waals surface area (Å²) in [7, 11) is 0. The van der Waals surface area contributed by atoms with Crippen molar-refractivity contribution in [2.75, 3.05) is 25.0 Å². The Morgan fingerprint density at radius 3 is 2.35 bits per heavy atom. The fourth-order valence-electron chi connectivity index (χ4n) is 2.21. The van der Waals surface area contributed by atoms with Crippen LogP contribution in [-0.2, 0) is 6.54 Å². The fraction of sp³-hybridized carbons (Fsp3) is 0.400. The molecule has 2 aromatic rings. The topological polar surface area (TPSA) is 33.3 Å². The first kappa shape index (κ1) is 17.4. The van der Waals surface area contributed by atoms with Crippen LogP contribution in [0.25, 0.3) is 0 Å². The number of hydrogen-bond acceptors (Lipinski definition) is 3. The second kappa shape index (κ2) is 9.90. The van der Waals surface area contributed by atoms with Crippen molar-refractivity contribution in [2.24, 2.45) is 5.92 Å². The smallest absolute Gasteiger partial charge is 0.119 e. The van der Waals surface area contributed by atoms with Gasteiger partial charge in [0.25, 0.3) is 0 Å². The maximum Gasteiger partial charge on any atom is 0.119 e. The second-order valence-electron chi connectivity index (χ2n) is 6.14. The highest BCUT2D eigenvalue weighted by molar-refractivity contribution is 5.46. The molecular weight excluding hydrogens is 284 g/mol. The Balaban J connectivity index is 1.60. The molecule has 0 amide bonds. The van der Waals surface area contributed by atoms with Gasteiger partial charge in [-0.25, -0.2) is 0 Å². The molecule has 124 valence electrons. The zero-order chi connectivity index (χ0) is 16.3. The van der Waals surface area contributed by atoms with Gasteiger partial charge in [-0.1, -0.05) is 44.2 Å². The van der Waals surface area contributed by atoms with E-state index >= 15 is 0 Å². The summed E-state index contributed by atoms with van der Waals surface area (Å²) in [6.07, 6.45) is 1.09. The lowest BCUT2D eigenvalue weighted by Gasteiger charge is -2.10. The SMILES string of the molecule is CC(C)CCOc1ccc(NCCNCc2ccccc2)cc1. The number of ether oxygens (including phenoxy) is 1. The van der Waals surface area contributed by atoms with Crippen LogP contribution >= 0.6 is 0 Å². The van der Waals surface area contributed by atoms with Crippen LogP contribution in [0.5, 0.6) is 5.75 Å². The minimum absolute atomic E-state index is 0.680. The molecule has 2 rings (SSSR count). The van der Waals surface area contributed by atoms with Gasteiger partial charge in [-0.2, -0.15) is 0 Å². The predicted octanol–water partition coefficient (Wildman–Crippen LogP) is 4.31. The molecule has 0 radical (unpaired) electrons. The van der Waals surface area contributed by atoms with Crippen molar-refractivity contribution in [3.8, 4) is 5.75 Å². The van der Waals surface area contributed by atoms with E-state index in [2.05, 4.69) is 60.9 Å². The van der Waals surface area contributed by atoms with Gasteiger partial charge in [0.1, 0.15) is 5.75 Å². The van der Waals surface area contributed by atoms with Crippen molar-refractivity contribution in [1.82, 2.24) is 5.32 Å². The van der Waals surface area contributed by atoms with Gasteiger partial charge in [0.15, 0.2) is 0 Å². The number of anilines is 1. The summed E-state index contributed by atoms with van der Waals surface area (Å²) in [6, 6.07) is 18.7. The van der Waals surface area contributed by atoms with Gasteiger partial charge in [-0.05, 0) is 42.2 Å². The second-order valence-corrected chi connectivity index (χ2v) is 6.14. The first-order chi connectivity index (χ1) is 11.2. The maximum absolute atomic E-state index is 5.72. The van der Waals surface area contributed by atoms with Crippen molar-refractivity contribution in [2.45, 2.75) is 26.8 Å². The molecule has 2 N–H and O–H groups in total. The van der Waals surface area contributed by atoms with Crippen LogP contribution in [-0.4, -0.2) is 19.7 Å². The zero-order valence-corrected chi connectivity index (χ0v) is 14.2. The van der Waals surface area contributed by atoms with Crippen LogP contribution in [0.15, 0.2) is 54.6 Å². The van der Waals surface area contributed by atoms with Crippen LogP contribution in [0.2, 0.25) is 0 Å². The third-order valence-electron chi connectivity index (χ3n) is 3.62. The zero-order valence-electron chi connectivity index (χ0n) is 14.2. The summed E-state index contributed by atoms with van der Waals surface area (Å²) >= 11 is 0. The van der Waals surface area contributed by atoms with Crippen LogP contribution in [0.3, 0.4) is 0 Å². The number of nitrogens with one attached hydrogen (secondary N) is 2. The van der Waals surface area contributed by atoms with E-state index in [4.69, 9.17) is 4.74 Å². The molecule has 0 saturated carbocycles. The Morgan fingerprint density at radius 1 is 0.913 bits per heavy atom. The summed E-state index contributed by atoms with van der Waals surface area (Å²) < 4.78 is 5.72. The Morgan fingerprint density at radius 2 is 1.65 bits per heavy atom. The molecule has 0 aliphatic rings. The molecule has 0 aromatic heterocycles. The quantitative estimate of drug-likeness (QED) is 0.641. The Labute approximate surface area is 140 Å². The molecular formula is C20H28N2O. The molecule has 23 heavy (non-hydrogen) atoms. The van der Waals surface area contributed by atoms with E-state index in [1.165, 1.54) is 5.56 Å². The first-order valence-electron chi connectivity index (χ1n) is 8.45. The Bertz CT molecular complexity index is 537. The van der Waals surface area contributed by atoms with Crippen LogP contribution in [0.1, 0.15) is 25.8 Å². The van der Waals surface area contributed by atoms with Crippen molar-refractivity contribution < 1.29 is 4.74 Å². The Hall–Kier alpha value is -2.00. The standard InChI is InChI=1S/C20H28N2O/c1-17(2)12-15-23-20-10-8-19(9-11-20)22-14-13-21-16-18-6-4-3-5-7-18/h3-11,17,21-22H,12-16H2,1-2H3. The van der Waals surface area contributed by atoms with Crippen molar-refractivity contribution >= 4 is 5.69 Å². The van der Waals surface area contributed by atoms with Gasteiger partial charge in [-0.3, -0.25) is 0 Å². The first-order valence-corrected chi connectivity index (χ1v) is 8.45. The lowest BCUT2D eigenvalue weighted by atomic mass is 10.1. The molecule has 2 aromatic carbocycles. The summed E-state index contributed by atoms with van der Waals surface area (Å²) in [5, 5.41) is 6.85. The summed E-state index contributed by atoms with van der Waals surface area (Å²) in [6.45, 7) is 7.95. The molecule has 0 bridgehead atoms.